The zero-order valence-corrected chi connectivity index (χ0v) is 7.72. The standard InChI is InChI=1S/C9H15N3/c1-7-8(6-10-2)12-5-3-4-9(12)11-7/h10H,3-6H2,1-2H3. The predicted molar refractivity (Wildman–Crippen MR) is 48.0 cm³/mol. The molecular formula is C9H15N3. The predicted octanol–water partition coefficient (Wildman–Crippen LogP) is 0.857. The molecule has 2 heterocycles. The lowest BCUT2D eigenvalue weighted by atomic mass is 10.3. The van der Waals surface area contributed by atoms with Crippen LogP contribution in [0.1, 0.15) is 23.6 Å². The molecule has 1 aromatic heterocycles. The molecule has 0 atom stereocenters. The Morgan fingerprint density at radius 3 is 3.17 bits per heavy atom. The van der Waals surface area contributed by atoms with Gasteiger partial charge in [-0.3, -0.25) is 0 Å². The van der Waals surface area contributed by atoms with Crippen molar-refractivity contribution in [1.29, 1.82) is 0 Å². The highest BCUT2D eigenvalue weighted by Crippen LogP contribution is 2.19. The fourth-order valence-electron chi connectivity index (χ4n) is 1.91. The molecule has 1 N–H and O–H groups in total. The Balaban J connectivity index is 2.38. The van der Waals surface area contributed by atoms with Crippen LogP contribution in [0.3, 0.4) is 0 Å². The third kappa shape index (κ3) is 1.05. The van der Waals surface area contributed by atoms with Gasteiger partial charge in [0, 0.05) is 19.5 Å². The van der Waals surface area contributed by atoms with Crippen molar-refractivity contribution < 1.29 is 0 Å². The number of rotatable bonds is 2. The molecule has 0 amide bonds. The Hall–Kier alpha value is -0.830. The summed E-state index contributed by atoms with van der Waals surface area (Å²) in [4.78, 5) is 4.53. The van der Waals surface area contributed by atoms with Gasteiger partial charge in [0.2, 0.25) is 0 Å². The number of hydrogen-bond donors (Lipinski definition) is 1. The fraction of sp³-hybridized carbons (Fsp3) is 0.667. The van der Waals surface area contributed by atoms with Crippen molar-refractivity contribution in [3.8, 4) is 0 Å². The van der Waals surface area contributed by atoms with Crippen LogP contribution < -0.4 is 5.32 Å². The van der Waals surface area contributed by atoms with E-state index in [-0.39, 0.29) is 0 Å². The van der Waals surface area contributed by atoms with Gasteiger partial charge < -0.3 is 9.88 Å². The zero-order valence-electron chi connectivity index (χ0n) is 7.72. The first-order valence-corrected chi connectivity index (χ1v) is 4.52. The number of hydrogen-bond acceptors (Lipinski definition) is 2. The van der Waals surface area contributed by atoms with E-state index in [1.165, 1.54) is 23.6 Å². The Morgan fingerprint density at radius 2 is 2.42 bits per heavy atom. The summed E-state index contributed by atoms with van der Waals surface area (Å²) in [5.74, 6) is 1.28. The lowest BCUT2D eigenvalue weighted by Crippen LogP contribution is -2.11. The molecule has 1 aliphatic heterocycles. The molecule has 0 unspecified atom stereocenters. The van der Waals surface area contributed by atoms with Crippen LogP contribution in [0.15, 0.2) is 0 Å². The highest BCUT2D eigenvalue weighted by atomic mass is 15.1. The molecule has 0 spiro atoms. The Bertz CT molecular complexity index is 288. The van der Waals surface area contributed by atoms with E-state index in [1.807, 2.05) is 7.05 Å². The van der Waals surface area contributed by atoms with Crippen molar-refractivity contribution in [2.24, 2.45) is 0 Å². The van der Waals surface area contributed by atoms with Gasteiger partial charge >= 0.3 is 0 Å². The number of nitrogens with one attached hydrogen (secondary N) is 1. The minimum Gasteiger partial charge on any atom is -0.331 e. The molecule has 0 fully saturated rings. The molecular weight excluding hydrogens is 150 g/mol. The van der Waals surface area contributed by atoms with Crippen molar-refractivity contribution in [2.45, 2.75) is 32.9 Å². The van der Waals surface area contributed by atoms with E-state index >= 15 is 0 Å². The maximum absolute atomic E-state index is 4.53. The van der Waals surface area contributed by atoms with E-state index < -0.39 is 0 Å². The maximum Gasteiger partial charge on any atom is 0.109 e. The summed E-state index contributed by atoms with van der Waals surface area (Å²) >= 11 is 0. The van der Waals surface area contributed by atoms with Crippen LogP contribution in [-0.2, 0) is 19.5 Å². The van der Waals surface area contributed by atoms with Crippen LogP contribution in [0.5, 0.6) is 0 Å². The SMILES string of the molecule is CNCc1c(C)nc2n1CCC2. The first-order chi connectivity index (χ1) is 5.83. The third-order valence-corrected chi connectivity index (χ3v) is 2.48. The van der Waals surface area contributed by atoms with Gasteiger partial charge in [0.25, 0.3) is 0 Å². The number of imidazole rings is 1. The summed E-state index contributed by atoms with van der Waals surface area (Å²) in [6.45, 7) is 4.20. The summed E-state index contributed by atoms with van der Waals surface area (Å²) in [5.41, 5.74) is 2.56. The van der Waals surface area contributed by atoms with Gasteiger partial charge in [0.15, 0.2) is 0 Å². The van der Waals surface area contributed by atoms with E-state index in [0.717, 1.165) is 19.5 Å². The van der Waals surface area contributed by atoms with Crippen molar-refractivity contribution in [1.82, 2.24) is 14.9 Å². The summed E-state index contributed by atoms with van der Waals surface area (Å²) < 4.78 is 2.35. The van der Waals surface area contributed by atoms with Crippen molar-refractivity contribution in [2.75, 3.05) is 7.05 Å². The summed E-state index contributed by atoms with van der Waals surface area (Å²) in [6, 6.07) is 0. The van der Waals surface area contributed by atoms with Crippen molar-refractivity contribution in [3.05, 3.63) is 17.2 Å². The fourth-order valence-corrected chi connectivity index (χ4v) is 1.91. The van der Waals surface area contributed by atoms with Crippen LogP contribution in [0.2, 0.25) is 0 Å². The molecule has 12 heavy (non-hydrogen) atoms. The second kappa shape index (κ2) is 2.90. The molecule has 2 rings (SSSR count). The first kappa shape index (κ1) is 7.80. The van der Waals surface area contributed by atoms with Crippen molar-refractivity contribution in [3.63, 3.8) is 0 Å². The third-order valence-electron chi connectivity index (χ3n) is 2.48. The lowest BCUT2D eigenvalue weighted by Gasteiger charge is -2.04. The van der Waals surface area contributed by atoms with Crippen LogP contribution >= 0.6 is 0 Å². The number of aromatic nitrogens is 2. The van der Waals surface area contributed by atoms with E-state index in [1.54, 1.807) is 0 Å². The lowest BCUT2D eigenvalue weighted by molar-refractivity contribution is 0.668. The van der Waals surface area contributed by atoms with E-state index in [2.05, 4.69) is 21.8 Å². The van der Waals surface area contributed by atoms with Gasteiger partial charge in [-0.2, -0.15) is 0 Å². The second-order valence-corrected chi connectivity index (χ2v) is 3.35. The normalized spacial score (nSPS) is 15.2. The molecule has 1 aliphatic rings. The molecule has 66 valence electrons. The van der Waals surface area contributed by atoms with Crippen LogP contribution in [0.25, 0.3) is 0 Å². The maximum atomic E-state index is 4.53. The molecule has 3 heteroatoms. The van der Waals surface area contributed by atoms with E-state index in [0.29, 0.717) is 0 Å². The Kier molecular flexibility index (Phi) is 1.89. The van der Waals surface area contributed by atoms with Gasteiger partial charge in [0.05, 0.1) is 11.4 Å². The first-order valence-electron chi connectivity index (χ1n) is 4.52. The largest absolute Gasteiger partial charge is 0.331 e. The summed E-state index contributed by atoms with van der Waals surface area (Å²) in [6.07, 6.45) is 2.42. The quantitative estimate of drug-likeness (QED) is 0.704. The summed E-state index contributed by atoms with van der Waals surface area (Å²) in [5, 5.41) is 3.18. The summed E-state index contributed by atoms with van der Waals surface area (Å²) in [7, 11) is 1.98. The average Bonchev–Trinajstić information content (AvgIpc) is 2.56. The Labute approximate surface area is 72.8 Å². The second-order valence-electron chi connectivity index (χ2n) is 3.35. The molecule has 0 aliphatic carbocycles. The smallest absolute Gasteiger partial charge is 0.109 e. The number of aryl methyl sites for hydroxylation is 2. The molecule has 1 aromatic rings. The average molecular weight is 165 g/mol. The molecule has 0 saturated heterocycles. The number of fused-ring (bicyclic) bond motifs is 1. The monoisotopic (exact) mass is 165 g/mol. The van der Waals surface area contributed by atoms with Crippen LogP contribution in [-0.4, -0.2) is 16.6 Å². The molecule has 0 aromatic carbocycles. The van der Waals surface area contributed by atoms with Gasteiger partial charge in [-0.15, -0.1) is 0 Å². The highest BCUT2D eigenvalue weighted by molar-refractivity contribution is 5.18. The highest BCUT2D eigenvalue weighted by Gasteiger charge is 2.17. The molecule has 0 radical (unpaired) electrons. The van der Waals surface area contributed by atoms with Gasteiger partial charge in [-0.25, -0.2) is 4.98 Å². The molecule has 3 nitrogen and oxygen atoms in total. The zero-order chi connectivity index (χ0) is 8.55. The minimum atomic E-state index is 0.943. The van der Waals surface area contributed by atoms with Crippen LogP contribution in [0, 0.1) is 6.92 Å². The van der Waals surface area contributed by atoms with Crippen LogP contribution in [0.4, 0.5) is 0 Å². The van der Waals surface area contributed by atoms with E-state index in [4.69, 9.17) is 0 Å². The minimum absolute atomic E-state index is 0.943. The van der Waals surface area contributed by atoms with Gasteiger partial charge in [0.1, 0.15) is 5.82 Å². The van der Waals surface area contributed by atoms with Crippen molar-refractivity contribution >= 4 is 0 Å². The van der Waals surface area contributed by atoms with Gasteiger partial charge in [-0.05, 0) is 20.4 Å². The Morgan fingerprint density at radius 1 is 1.58 bits per heavy atom. The van der Waals surface area contributed by atoms with Gasteiger partial charge in [-0.1, -0.05) is 0 Å². The molecule has 0 saturated carbocycles. The topological polar surface area (TPSA) is 29.9 Å². The molecule has 0 bridgehead atoms. The van der Waals surface area contributed by atoms with E-state index in [9.17, 15) is 0 Å². The number of nitrogens with zero attached hydrogens (tertiary/aromatic N) is 2.